The van der Waals surface area contributed by atoms with Crippen LogP contribution >= 0.6 is 0 Å². The Morgan fingerprint density at radius 2 is 2.10 bits per heavy atom. The Kier molecular flexibility index (Phi) is 3.91. The molecular weight excluding hydrogens is 296 g/mol. The van der Waals surface area contributed by atoms with Gasteiger partial charge in [0.15, 0.2) is 0 Å². The lowest BCUT2D eigenvalue weighted by Gasteiger charge is -1.99. The van der Waals surface area contributed by atoms with Gasteiger partial charge in [0.25, 0.3) is 0 Å². The largest absolute Gasteiger partial charge is 0.478 e. The molecule has 0 saturated carbocycles. The molecule has 2 heterocycles. The van der Waals surface area contributed by atoms with Crippen LogP contribution in [0.5, 0.6) is 0 Å². The van der Waals surface area contributed by atoms with Crippen LogP contribution in [0.1, 0.15) is 21.9 Å². The van der Waals surface area contributed by atoms with E-state index in [0.717, 1.165) is 6.26 Å². The van der Waals surface area contributed by atoms with Gasteiger partial charge < -0.3 is 9.52 Å². The number of nitrogens with zero attached hydrogens (tertiary/aromatic N) is 2. The van der Waals surface area contributed by atoms with Gasteiger partial charge in [0.05, 0.1) is 12.3 Å². The number of rotatable bonds is 5. The van der Waals surface area contributed by atoms with Crippen molar-refractivity contribution in [2.45, 2.75) is 20.4 Å². The maximum absolute atomic E-state index is 11.3. The first-order valence-electron chi connectivity index (χ1n) is 6.23. The summed E-state index contributed by atoms with van der Waals surface area (Å²) in [5.74, 6) is 0.0121. The average molecular weight is 312 g/mol. The lowest BCUT2D eigenvalue weighted by atomic mass is 10.1. The van der Waals surface area contributed by atoms with E-state index < -0.39 is 15.8 Å². The van der Waals surface area contributed by atoms with E-state index in [4.69, 9.17) is 4.42 Å². The van der Waals surface area contributed by atoms with E-state index in [9.17, 15) is 18.3 Å². The molecule has 21 heavy (non-hydrogen) atoms. The van der Waals surface area contributed by atoms with Crippen molar-refractivity contribution in [1.29, 1.82) is 0 Å². The topological polar surface area (TPSA) is 102 Å². The van der Waals surface area contributed by atoms with E-state index in [1.165, 1.54) is 10.9 Å². The summed E-state index contributed by atoms with van der Waals surface area (Å²) in [5, 5.41) is 13.5. The van der Waals surface area contributed by atoms with Crippen LogP contribution in [-0.4, -0.2) is 41.3 Å². The number of sulfone groups is 1. The van der Waals surface area contributed by atoms with Crippen molar-refractivity contribution in [3.05, 3.63) is 29.3 Å². The fourth-order valence-electron chi connectivity index (χ4n) is 2.02. The van der Waals surface area contributed by atoms with Crippen LogP contribution < -0.4 is 0 Å². The molecule has 0 aliphatic rings. The molecule has 0 spiro atoms. The Labute approximate surface area is 122 Å². The molecule has 7 nitrogen and oxygen atoms in total. The third-order valence-electron chi connectivity index (χ3n) is 2.98. The number of carboxylic acid groups (broad SMARTS) is 1. The summed E-state index contributed by atoms with van der Waals surface area (Å²) in [5.41, 5.74) is 0.903. The van der Waals surface area contributed by atoms with Gasteiger partial charge in [-0.25, -0.2) is 13.2 Å². The van der Waals surface area contributed by atoms with Gasteiger partial charge in [0.2, 0.25) is 0 Å². The summed E-state index contributed by atoms with van der Waals surface area (Å²) in [6, 6.07) is 1.71. The molecule has 0 atom stereocenters. The zero-order chi connectivity index (χ0) is 15.8. The normalized spacial score (nSPS) is 11.8. The first-order chi connectivity index (χ1) is 9.67. The molecule has 1 N–H and O–H groups in total. The van der Waals surface area contributed by atoms with Gasteiger partial charge >= 0.3 is 5.97 Å². The molecule has 0 radical (unpaired) electrons. The predicted molar refractivity (Wildman–Crippen MR) is 76.1 cm³/mol. The van der Waals surface area contributed by atoms with Gasteiger partial charge in [0.1, 0.15) is 32.6 Å². The second-order valence-electron chi connectivity index (χ2n) is 4.92. The summed E-state index contributed by atoms with van der Waals surface area (Å²) >= 11 is 0. The molecule has 2 rings (SSSR count). The molecule has 2 aromatic heterocycles. The van der Waals surface area contributed by atoms with Gasteiger partial charge in [-0.3, -0.25) is 4.68 Å². The van der Waals surface area contributed by atoms with Gasteiger partial charge in [-0.1, -0.05) is 0 Å². The third-order valence-corrected chi connectivity index (χ3v) is 3.90. The minimum Gasteiger partial charge on any atom is -0.478 e. The van der Waals surface area contributed by atoms with Crippen LogP contribution in [0.2, 0.25) is 0 Å². The number of carbonyl (C=O) groups is 1. The molecule has 0 amide bonds. The van der Waals surface area contributed by atoms with Crippen LogP contribution in [0, 0.1) is 13.8 Å². The van der Waals surface area contributed by atoms with Crippen molar-refractivity contribution in [3.8, 4) is 11.3 Å². The van der Waals surface area contributed by atoms with Crippen molar-refractivity contribution in [2.24, 2.45) is 0 Å². The fourth-order valence-corrected chi connectivity index (χ4v) is 2.54. The second kappa shape index (κ2) is 5.36. The van der Waals surface area contributed by atoms with E-state index in [-0.39, 0.29) is 23.6 Å². The molecule has 0 aliphatic carbocycles. The fraction of sp³-hybridized carbons (Fsp3) is 0.385. The van der Waals surface area contributed by atoms with E-state index in [2.05, 4.69) is 5.10 Å². The Morgan fingerprint density at radius 3 is 2.57 bits per heavy atom. The summed E-state index contributed by atoms with van der Waals surface area (Å²) in [6.45, 7) is 3.59. The molecule has 0 unspecified atom stereocenters. The monoisotopic (exact) mass is 312 g/mol. The van der Waals surface area contributed by atoms with E-state index in [1.54, 1.807) is 19.9 Å². The second-order valence-corrected chi connectivity index (χ2v) is 7.18. The lowest BCUT2D eigenvalue weighted by Crippen LogP contribution is -2.11. The van der Waals surface area contributed by atoms with Crippen LogP contribution in [0.15, 0.2) is 16.7 Å². The highest BCUT2D eigenvalue weighted by Gasteiger charge is 2.21. The van der Waals surface area contributed by atoms with Crippen molar-refractivity contribution < 1.29 is 22.7 Å². The van der Waals surface area contributed by atoms with Crippen molar-refractivity contribution >= 4 is 15.8 Å². The Hall–Kier alpha value is -2.09. The number of carboxylic acids is 1. The first-order valence-corrected chi connectivity index (χ1v) is 8.29. The summed E-state index contributed by atoms with van der Waals surface area (Å²) in [7, 11) is -3.14. The molecule has 0 aromatic carbocycles. The molecular formula is C13H16N2O5S. The number of furan rings is 1. The minimum atomic E-state index is -3.14. The van der Waals surface area contributed by atoms with Crippen molar-refractivity contribution in [1.82, 2.24) is 9.78 Å². The number of hydrogen-bond acceptors (Lipinski definition) is 5. The quantitative estimate of drug-likeness (QED) is 0.897. The number of hydrogen-bond donors (Lipinski definition) is 1. The van der Waals surface area contributed by atoms with E-state index in [0.29, 0.717) is 17.1 Å². The minimum absolute atomic E-state index is 0.0207. The third kappa shape index (κ3) is 3.52. The smallest absolute Gasteiger partial charge is 0.339 e. The average Bonchev–Trinajstić information content (AvgIpc) is 2.89. The number of aromatic carboxylic acids is 1. The molecule has 0 saturated heterocycles. The molecule has 0 aliphatic heterocycles. The summed E-state index contributed by atoms with van der Waals surface area (Å²) in [4.78, 5) is 11.3. The molecule has 114 valence electrons. The molecule has 8 heteroatoms. The van der Waals surface area contributed by atoms with Gasteiger partial charge in [0, 0.05) is 18.0 Å². The highest BCUT2D eigenvalue weighted by Crippen LogP contribution is 2.28. The SMILES string of the molecule is Cc1cc(-c2nn(CCS(C)(=O)=O)cc2C(=O)O)c(C)o1. The lowest BCUT2D eigenvalue weighted by molar-refractivity contribution is 0.0697. The van der Waals surface area contributed by atoms with Crippen LogP contribution in [0.25, 0.3) is 11.3 Å². The molecule has 0 fully saturated rings. The van der Waals surface area contributed by atoms with Crippen molar-refractivity contribution in [2.75, 3.05) is 12.0 Å². The maximum Gasteiger partial charge on any atom is 0.339 e. The molecule has 0 bridgehead atoms. The maximum atomic E-state index is 11.3. The van der Waals surface area contributed by atoms with E-state index >= 15 is 0 Å². The summed E-state index contributed by atoms with van der Waals surface area (Å²) < 4.78 is 29.1. The molecule has 2 aromatic rings. The Bertz CT molecular complexity index is 786. The Balaban J connectivity index is 2.43. The van der Waals surface area contributed by atoms with Gasteiger partial charge in [-0.15, -0.1) is 0 Å². The first kappa shape index (κ1) is 15.3. The predicted octanol–water partition coefficient (Wildman–Crippen LogP) is 1.50. The summed E-state index contributed by atoms with van der Waals surface area (Å²) in [6.07, 6.45) is 2.46. The number of aromatic nitrogens is 2. The zero-order valence-electron chi connectivity index (χ0n) is 12.0. The van der Waals surface area contributed by atoms with Crippen molar-refractivity contribution in [3.63, 3.8) is 0 Å². The van der Waals surface area contributed by atoms with E-state index in [1.807, 2.05) is 0 Å². The van der Waals surface area contributed by atoms with Crippen LogP contribution in [0.4, 0.5) is 0 Å². The highest BCUT2D eigenvalue weighted by molar-refractivity contribution is 7.90. The highest BCUT2D eigenvalue weighted by atomic mass is 32.2. The van der Waals surface area contributed by atoms with Crippen LogP contribution in [-0.2, 0) is 16.4 Å². The number of aryl methyl sites for hydroxylation is 3. The van der Waals surface area contributed by atoms with Gasteiger partial charge in [-0.2, -0.15) is 5.10 Å². The zero-order valence-corrected chi connectivity index (χ0v) is 12.8. The Morgan fingerprint density at radius 1 is 1.43 bits per heavy atom. The van der Waals surface area contributed by atoms with Crippen LogP contribution in [0.3, 0.4) is 0 Å². The standard InChI is InChI=1S/C13H16N2O5S/c1-8-6-10(9(2)20-8)12-11(13(16)17)7-15(14-12)4-5-21(3,18)19/h6-7H,4-5H2,1-3H3,(H,16,17). The van der Waals surface area contributed by atoms with Gasteiger partial charge in [-0.05, 0) is 19.9 Å².